The monoisotopic (exact) mass is 441 g/mol. The van der Waals surface area contributed by atoms with E-state index in [0.29, 0.717) is 30.2 Å². The number of aromatic nitrogens is 4. The molecule has 1 saturated heterocycles. The van der Waals surface area contributed by atoms with E-state index in [4.69, 9.17) is 0 Å². The van der Waals surface area contributed by atoms with Crippen molar-refractivity contribution in [1.29, 1.82) is 0 Å². The molecule has 0 aliphatic carbocycles. The van der Waals surface area contributed by atoms with Crippen LogP contribution in [0.15, 0.2) is 55.2 Å². The normalized spacial score (nSPS) is 17.8. The van der Waals surface area contributed by atoms with Crippen molar-refractivity contribution < 1.29 is 9.90 Å². The lowest BCUT2D eigenvalue weighted by molar-refractivity contribution is 0.0966. The maximum absolute atomic E-state index is 12.7. The van der Waals surface area contributed by atoms with E-state index in [1.165, 1.54) is 0 Å². The highest BCUT2D eigenvalue weighted by molar-refractivity contribution is 6.06. The molecule has 2 aliphatic rings. The number of aliphatic hydroxyl groups excluding tert-OH is 1. The first-order valence-electron chi connectivity index (χ1n) is 11.0. The molecule has 1 fully saturated rings. The van der Waals surface area contributed by atoms with Crippen molar-refractivity contribution in [3.05, 3.63) is 66.4 Å². The summed E-state index contributed by atoms with van der Waals surface area (Å²) in [5.41, 5.74) is 5.89. The molecule has 0 radical (unpaired) electrons. The van der Waals surface area contributed by atoms with E-state index in [1.54, 1.807) is 18.6 Å². The van der Waals surface area contributed by atoms with Crippen molar-refractivity contribution in [2.24, 2.45) is 0 Å². The minimum atomic E-state index is -0.291. The van der Waals surface area contributed by atoms with Crippen LogP contribution in [0.2, 0.25) is 0 Å². The van der Waals surface area contributed by atoms with Crippen molar-refractivity contribution in [2.45, 2.75) is 25.5 Å². The van der Waals surface area contributed by atoms with Gasteiger partial charge in [-0.05, 0) is 36.6 Å². The lowest BCUT2D eigenvalue weighted by atomic mass is 9.99. The molecule has 4 aromatic rings. The summed E-state index contributed by atoms with van der Waals surface area (Å²) in [6.07, 6.45) is 10.4. The van der Waals surface area contributed by atoms with Crippen LogP contribution < -0.4 is 15.5 Å². The number of carbonyl (C=O) groups excluding carboxylic acids is 1. The predicted octanol–water partition coefficient (Wildman–Crippen LogP) is 2.74. The van der Waals surface area contributed by atoms with Crippen molar-refractivity contribution >= 4 is 28.7 Å². The van der Waals surface area contributed by atoms with Crippen LogP contribution in [0, 0.1) is 0 Å². The van der Waals surface area contributed by atoms with Gasteiger partial charge in [0.1, 0.15) is 5.82 Å². The molecule has 5 heterocycles. The van der Waals surface area contributed by atoms with Crippen molar-refractivity contribution in [3.63, 3.8) is 0 Å². The average Bonchev–Trinajstić information content (AvgIpc) is 3.44. The van der Waals surface area contributed by atoms with Gasteiger partial charge in [0.15, 0.2) is 5.65 Å². The first-order chi connectivity index (χ1) is 16.2. The Bertz CT molecular complexity index is 1350. The second-order valence-corrected chi connectivity index (χ2v) is 8.41. The molecule has 9 heteroatoms. The number of β-amino-alcohol motifs (C(OH)–C–C–N with tert-alkyl or cyclic N) is 1. The molecule has 0 unspecified atom stereocenters. The molecule has 0 spiro atoms. The van der Waals surface area contributed by atoms with E-state index in [-0.39, 0.29) is 12.0 Å². The molecule has 166 valence electrons. The third kappa shape index (κ3) is 3.46. The quantitative estimate of drug-likeness (QED) is 0.447. The van der Waals surface area contributed by atoms with Gasteiger partial charge in [0, 0.05) is 37.6 Å². The van der Waals surface area contributed by atoms with Gasteiger partial charge in [0.2, 0.25) is 0 Å². The highest BCUT2D eigenvalue weighted by atomic mass is 16.3. The first kappa shape index (κ1) is 19.7. The summed E-state index contributed by atoms with van der Waals surface area (Å²) in [7, 11) is 0. The Labute approximate surface area is 190 Å². The number of carbonyl (C=O) groups is 1. The lowest BCUT2D eigenvalue weighted by Gasteiger charge is -2.31. The summed E-state index contributed by atoms with van der Waals surface area (Å²) >= 11 is 0. The number of hydrogen-bond acceptors (Lipinski definition) is 7. The Morgan fingerprint density at radius 1 is 1.12 bits per heavy atom. The molecular formula is C24H23N7O2. The largest absolute Gasteiger partial charge is 0.391 e. The fraction of sp³-hybridized carbons (Fsp3) is 0.250. The van der Waals surface area contributed by atoms with Crippen molar-refractivity contribution in [3.8, 4) is 11.3 Å². The average molecular weight is 441 g/mol. The van der Waals surface area contributed by atoms with Crippen LogP contribution in [-0.4, -0.2) is 49.6 Å². The minimum absolute atomic E-state index is 0.108. The zero-order valence-corrected chi connectivity index (χ0v) is 17.9. The molecule has 1 aromatic carbocycles. The number of anilines is 3. The molecule has 3 aromatic heterocycles. The molecule has 1 amide bonds. The predicted molar refractivity (Wildman–Crippen MR) is 125 cm³/mol. The van der Waals surface area contributed by atoms with Gasteiger partial charge >= 0.3 is 0 Å². The number of fused-ring (bicyclic) bond motifs is 2. The number of nitrogens with one attached hydrogen (secondary N) is 2. The van der Waals surface area contributed by atoms with Gasteiger partial charge in [-0.15, -0.1) is 0 Å². The van der Waals surface area contributed by atoms with E-state index in [2.05, 4.69) is 30.5 Å². The molecular weight excluding hydrogens is 418 g/mol. The van der Waals surface area contributed by atoms with Crippen molar-refractivity contribution in [2.75, 3.05) is 23.3 Å². The number of pyridine rings is 1. The SMILES string of the molecule is O=C1NCc2c(-c3cnc4cnccn34)ccc(Nc3ccc(N4CCC[C@@H](O)C4)cn3)c21. The van der Waals surface area contributed by atoms with Gasteiger partial charge in [-0.25, -0.2) is 9.97 Å². The number of rotatable bonds is 4. The standard InChI is InChI=1S/C24H23N7O2/c32-16-2-1-8-30(14-16)15-3-6-21(26-10-15)29-19-5-4-17(18-11-28-24(33)23(18)19)20-12-27-22-13-25-7-9-31(20)22/h3-7,9-10,12-13,16,32H,1-2,8,11,14H2,(H,26,29)(H,28,33)/t16-/m1/s1. The summed E-state index contributed by atoms with van der Waals surface area (Å²) in [5, 5.41) is 16.2. The summed E-state index contributed by atoms with van der Waals surface area (Å²) < 4.78 is 1.97. The molecule has 3 N–H and O–H groups in total. The van der Waals surface area contributed by atoms with Crippen LogP contribution in [0.1, 0.15) is 28.8 Å². The minimum Gasteiger partial charge on any atom is -0.391 e. The number of hydrogen-bond donors (Lipinski definition) is 3. The number of imidazole rings is 1. The van der Waals surface area contributed by atoms with Crippen LogP contribution in [0.3, 0.4) is 0 Å². The molecule has 2 aliphatic heterocycles. The van der Waals surface area contributed by atoms with Crippen molar-refractivity contribution in [1.82, 2.24) is 24.7 Å². The Morgan fingerprint density at radius 3 is 2.91 bits per heavy atom. The Kier molecular flexibility index (Phi) is 4.69. The summed E-state index contributed by atoms with van der Waals surface area (Å²) in [6.45, 7) is 2.00. The number of piperidine rings is 1. The third-order valence-corrected chi connectivity index (χ3v) is 6.33. The zero-order valence-electron chi connectivity index (χ0n) is 17.9. The molecule has 1 atom stereocenters. The van der Waals surface area contributed by atoms with Gasteiger partial charge in [-0.2, -0.15) is 0 Å². The van der Waals surface area contributed by atoms with E-state index in [0.717, 1.165) is 47.5 Å². The van der Waals surface area contributed by atoms with Gasteiger partial charge < -0.3 is 20.6 Å². The second-order valence-electron chi connectivity index (χ2n) is 8.41. The number of nitrogens with zero attached hydrogens (tertiary/aromatic N) is 5. The molecule has 33 heavy (non-hydrogen) atoms. The summed E-state index contributed by atoms with van der Waals surface area (Å²) in [6, 6.07) is 7.82. The first-order valence-corrected chi connectivity index (χ1v) is 11.0. The molecule has 9 nitrogen and oxygen atoms in total. The Hall–Kier alpha value is -3.98. The molecule has 0 bridgehead atoms. The van der Waals surface area contributed by atoms with Crippen LogP contribution in [0.4, 0.5) is 17.2 Å². The van der Waals surface area contributed by atoms with Gasteiger partial charge in [0.05, 0.1) is 47.3 Å². The van der Waals surface area contributed by atoms with E-state index in [9.17, 15) is 9.90 Å². The highest BCUT2D eigenvalue weighted by Gasteiger charge is 2.27. The zero-order chi connectivity index (χ0) is 22.4. The number of benzene rings is 1. The van der Waals surface area contributed by atoms with Crippen LogP contribution in [-0.2, 0) is 6.54 Å². The topological polar surface area (TPSA) is 108 Å². The van der Waals surface area contributed by atoms with Crippen LogP contribution in [0.25, 0.3) is 16.9 Å². The maximum Gasteiger partial charge on any atom is 0.254 e. The summed E-state index contributed by atoms with van der Waals surface area (Å²) in [4.78, 5) is 28.0. The van der Waals surface area contributed by atoms with Crippen LogP contribution >= 0.6 is 0 Å². The van der Waals surface area contributed by atoms with E-state index < -0.39 is 0 Å². The third-order valence-electron chi connectivity index (χ3n) is 6.33. The Balaban J connectivity index is 1.32. The molecule has 0 saturated carbocycles. The van der Waals surface area contributed by atoms with Gasteiger partial charge in [-0.3, -0.25) is 14.2 Å². The molecule has 6 rings (SSSR count). The maximum atomic E-state index is 12.7. The smallest absolute Gasteiger partial charge is 0.254 e. The van der Waals surface area contributed by atoms with Gasteiger partial charge in [0.25, 0.3) is 5.91 Å². The fourth-order valence-electron chi connectivity index (χ4n) is 4.71. The Morgan fingerprint density at radius 2 is 2.06 bits per heavy atom. The van der Waals surface area contributed by atoms with Crippen LogP contribution in [0.5, 0.6) is 0 Å². The van der Waals surface area contributed by atoms with E-state index >= 15 is 0 Å². The van der Waals surface area contributed by atoms with E-state index in [1.807, 2.05) is 41.1 Å². The lowest BCUT2D eigenvalue weighted by Crippen LogP contribution is -2.38. The fourth-order valence-corrected chi connectivity index (χ4v) is 4.71. The second kappa shape index (κ2) is 7.86. The van der Waals surface area contributed by atoms with Gasteiger partial charge in [-0.1, -0.05) is 6.07 Å². The summed E-state index contributed by atoms with van der Waals surface area (Å²) in [5.74, 6) is 0.551. The highest BCUT2D eigenvalue weighted by Crippen LogP contribution is 2.35. The number of amides is 1. The number of aliphatic hydroxyl groups is 1.